The van der Waals surface area contributed by atoms with E-state index in [9.17, 15) is 9.59 Å². The monoisotopic (exact) mass is 508 g/mol. The second-order valence-corrected chi connectivity index (χ2v) is 8.88. The molecule has 1 fully saturated rings. The van der Waals surface area contributed by atoms with E-state index >= 15 is 8.78 Å². The number of ether oxygens (including phenoxy) is 2. The molecule has 0 bridgehead atoms. The first kappa shape index (κ1) is 24.6. The fourth-order valence-corrected chi connectivity index (χ4v) is 4.78. The molecular formula is C27H26F2N4O4. The first-order valence-electron chi connectivity index (χ1n) is 11.9. The number of benzene rings is 2. The summed E-state index contributed by atoms with van der Waals surface area (Å²) >= 11 is 0. The summed E-state index contributed by atoms with van der Waals surface area (Å²) in [7, 11) is 3.19. The summed E-state index contributed by atoms with van der Waals surface area (Å²) < 4.78 is 42.9. The second-order valence-electron chi connectivity index (χ2n) is 8.88. The van der Waals surface area contributed by atoms with Gasteiger partial charge in [0.15, 0.2) is 5.82 Å². The predicted molar refractivity (Wildman–Crippen MR) is 136 cm³/mol. The fourth-order valence-electron chi connectivity index (χ4n) is 4.78. The molecule has 0 saturated carbocycles. The van der Waals surface area contributed by atoms with Crippen LogP contribution in [0.25, 0.3) is 21.9 Å². The van der Waals surface area contributed by atoms with E-state index in [0.29, 0.717) is 19.6 Å². The molecule has 5 rings (SSSR count). The largest absolute Gasteiger partial charge is 0.497 e. The van der Waals surface area contributed by atoms with Crippen molar-refractivity contribution in [3.8, 4) is 5.75 Å². The van der Waals surface area contributed by atoms with E-state index in [1.54, 1.807) is 26.0 Å². The Bertz CT molecular complexity index is 1570. The molecular weight excluding hydrogens is 482 g/mol. The van der Waals surface area contributed by atoms with Crippen LogP contribution in [0, 0.1) is 11.6 Å². The van der Waals surface area contributed by atoms with Gasteiger partial charge in [0.2, 0.25) is 5.43 Å². The van der Waals surface area contributed by atoms with Gasteiger partial charge in [-0.25, -0.2) is 18.6 Å². The van der Waals surface area contributed by atoms with Gasteiger partial charge < -0.3 is 24.3 Å². The van der Waals surface area contributed by atoms with Gasteiger partial charge in [0.25, 0.3) is 0 Å². The van der Waals surface area contributed by atoms with Gasteiger partial charge in [0, 0.05) is 44.3 Å². The zero-order valence-corrected chi connectivity index (χ0v) is 20.7. The number of hydrogen-bond acceptors (Lipinski definition) is 7. The number of aryl methyl sites for hydroxylation is 1. The third-order valence-corrected chi connectivity index (χ3v) is 6.61. The lowest BCUT2D eigenvalue weighted by molar-refractivity contribution is 0.0524. The van der Waals surface area contributed by atoms with Gasteiger partial charge in [-0.3, -0.25) is 4.79 Å². The van der Waals surface area contributed by atoms with E-state index in [0.717, 1.165) is 11.3 Å². The lowest BCUT2D eigenvalue weighted by Gasteiger charge is -2.36. The zero-order valence-electron chi connectivity index (χ0n) is 20.7. The molecule has 0 spiro atoms. The normalized spacial score (nSPS) is 15.8. The van der Waals surface area contributed by atoms with Crippen LogP contribution in [0.5, 0.6) is 5.75 Å². The first-order valence-corrected chi connectivity index (χ1v) is 11.9. The summed E-state index contributed by atoms with van der Waals surface area (Å²) in [6.45, 7) is 3.03. The Kier molecular flexibility index (Phi) is 6.51. The number of piperazine rings is 1. The minimum absolute atomic E-state index is 0.0534. The summed E-state index contributed by atoms with van der Waals surface area (Å²) in [5.74, 6) is -1.58. The number of pyridine rings is 2. The minimum Gasteiger partial charge on any atom is -0.497 e. The molecule has 8 nitrogen and oxygen atoms in total. The number of nitrogens with zero attached hydrogens (tertiary/aromatic N) is 3. The van der Waals surface area contributed by atoms with E-state index in [4.69, 9.17) is 9.47 Å². The smallest absolute Gasteiger partial charge is 0.343 e. The van der Waals surface area contributed by atoms with Crippen molar-refractivity contribution in [2.75, 3.05) is 38.3 Å². The van der Waals surface area contributed by atoms with E-state index in [2.05, 4.69) is 10.3 Å². The highest BCUT2D eigenvalue weighted by Crippen LogP contribution is 2.33. The molecule has 1 aliphatic heterocycles. The van der Waals surface area contributed by atoms with Crippen LogP contribution in [0.1, 0.15) is 28.9 Å². The highest BCUT2D eigenvalue weighted by molar-refractivity contribution is 5.97. The molecule has 1 saturated heterocycles. The summed E-state index contributed by atoms with van der Waals surface area (Å²) in [6.07, 6.45) is 1.32. The maximum absolute atomic E-state index is 15.9. The third kappa shape index (κ3) is 4.37. The van der Waals surface area contributed by atoms with Crippen LogP contribution >= 0.6 is 0 Å². The number of methoxy groups -OCH3 is 1. The Morgan fingerprint density at radius 1 is 1.22 bits per heavy atom. The van der Waals surface area contributed by atoms with E-state index in [1.165, 1.54) is 22.9 Å². The number of fused-ring (bicyclic) bond motifs is 2. The molecule has 37 heavy (non-hydrogen) atoms. The van der Waals surface area contributed by atoms with Gasteiger partial charge in [0.1, 0.15) is 34.0 Å². The Balaban J connectivity index is 1.57. The van der Waals surface area contributed by atoms with Crippen molar-refractivity contribution in [1.82, 2.24) is 14.9 Å². The SMILES string of the molecule is CCOC(=O)c1cn(C)c2nc3c(F)c(N4CCNC(c5ccc(OC)cc5)C4)c(F)cc3cc2c1=O. The molecule has 1 N–H and O–H groups in total. The Morgan fingerprint density at radius 3 is 2.68 bits per heavy atom. The summed E-state index contributed by atoms with van der Waals surface area (Å²) in [5.41, 5.74) is 0.174. The number of rotatable bonds is 5. The van der Waals surface area contributed by atoms with E-state index in [-0.39, 0.29) is 45.8 Å². The zero-order chi connectivity index (χ0) is 26.3. The van der Waals surface area contributed by atoms with Crippen LogP contribution in [-0.4, -0.2) is 48.9 Å². The van der Waals surface area contributed by atoms with Crippen molar-refractivity contribution in [3.63, 3.8) is 0 Å². The standard InChI is InChI=1S/C27H26F2N4O4/c1-4-37-27(35)19-13-32(2)26-18(25(19)34)11-16-12-20(28)24(22(29)23(16)31-26)33-10-9-30-21(14-33)15-5-7-17(36-3)8-6-15/h5-8,11-13,21,30H,4,9-10,14H2,1-3H3. The van der Waals surface area contributed by atoms with Crippen LogP contribution < -0.4 is 20.4 Å². The van der Waals surface area contributed by atoms with Gasteiger partial charge in [-0.2, -0.15) is 0 Å². The lowest BCUT2D eigenvalue weighted by atomic mass is 10.0. The quantitative estimate of drug-likeness (QED) is 0.325. The number of carbonyl (C=O) groups excluding carboxylic acids is 1. The van der Waals surface area contributed by atoms with Crippen molar-refractivity contribution >= 4 is 33.6 Å². The topological polar surface area (TPSA) is 85.7 Å². The third-order valence-electron chi connectivity index (χ3n) is 6.61. The average molecular weight is 509 g/mol. The number of aromatic nitrogens is 2. The van der Waals surface area contributed by atoms with Crippen molar-refractivity contribution < 1.29 is 23.0 Å². The second kappa shape index (κ2) is 9.78. The summed E-state index contributed by atoms with van der Waals surface area (Å²) in [4.78, 5) is 31.3. The van der Waals surface area contributed by atoms with E-state index in [1.807, 2.05) is 24.3 Å². The number of esters is 1. The highest BCUT2D eigenvalue weighted by atomic mass is 19.1. The molecule has 192 valence electrons. The molecule has 1 atom stereocenters. The summed E-state index contributed by atoms with van der Waals surface area (Å²) in [5, 5.41) is 3.60. The minimum atomic E-state index is -0.797. The Labute approximate surface area is 211 Å². The molecule has 4 aromatic rings. The molecule has 1 aliphatic rings. The molecule has 3 heterocycles. The number of nitrogens with one attached hydrogen (secondary N) is 1. The van der Waals surface area contributed by atoms with Crippen molar-refractivity contribution in [1.29, 1.82) is 0 Å². The number of carbonyl (C=O) groups is 1. The van der Waals surface area contributed by atoms with Gasteiger partial charge in [0.05, 0.1) is 19.1 Å². The lowest BCUT2D eigenvalue weighted by Crippen LogP contribution is -2.46. The molecule has 0 radical (unpaired) electrons. The molecule has 2 aromatic carbocycles. The molecule has 10 heteroatoms. The van der Waals surface area contributed by atoms with Crippen LogP contribution in [0.4, 0.5) is 14.5 Å². The molecule has 1 unspecified atom stereocenters. The maximum Gasteiger partial charge on any atom is 0.343 e. The van der Waals surface area contributed by atoms with Crippen LogP contribution in [0.15, 0.2) is 47.4 Å². The maximum atomic E-state index is 15.9. The first-order chi connectivity index (χ1) is 17.8. The molecule has 0 amide bonds. The Morgan fingerprint density at radius 2 is 1.97 bits per heavy atom. The predicted octanol–water partition coefficient (Wildman–Crippen LogP) is 3.70. The van der Waals surface area contributed by atoms with E-state index < -0.39 is 23.0 Å². The highest BCUT2D eigenvalue weighted by Gasteiger charge is 2.27. The van der Waals surface area contributed by atoms with Gasteiger partial charge in [-0.1, -0.05) is 12.1 Å². The average Bonchev–Trinajstić information content (AvgIpc) is 2.90. The molecule has 0 aliphatic carbocycles. The summed E-state index contributed by atoms with van der Waals surface area (Å²) in [6, 6.07) is 9.95. The fraction of sp³-hybridized carbons (Fsp3) is 0.296. The number of hydrogen-bond donors (Lipinski definition) is 1. The number of anilines is 1. The van der Waals surface area contributed by atoms with Crippen molar-refractivity contribution in [2.24, 2.45) is 7.05 Å². The van der Waals surface area contributed by atoms with Crippen LogP contribution in [-0.2, 0) is 11.8 Å². The van der Waals surface area contributed by atoms with Crippen molar-refractivity contribution in [2.45, 2.75) is 13.0 Å². The van der Waals surface area contributed by atoms with Gasteiger partial charge in [-0.15, -0.1) is 0 Å². The number of halogens is 2. The van der Waals surface area contributed by atoms with Crippen LogP contribution in [0.2, 0.25) is 0 Å². The van der Waals surface area contributed by atoms with Gasteiger partial charge in [-0.05, 0) is 36.8 Å². The van der Waals surface area contributed by atoms with Crippen molar-refractivity contribution in [3.05, 3.63) is 75.6 Å². The Hall–Kier alpha value is -4.05. The van der Waals surface area contributed by atoms with Crippen LogP contribution in [0.3, 0.4) is 0 Å². The van der Waals surface area contributed by atoms with Gasteiger partial charge >= 0.3 is 5.97 Å². The molecule has 2 aromatic heterocycles.